The molecule has 8 aromatic rings. The van der Waals surface area contributed by atoms with Crippen molar-refractivity contribution in [2.75, 3.05) is 0 Å². The van der Waals surface area contributed by atoms with E-state index in [1.54, 1.807) is 0 Å². The first-order valence-electron chi connectivity index (χ1n) is 16.5. The summed E-state index contributed by atoms with van der Waals surface area (Å²) in [5.74, 6) is 0. The van der Waals surface area contributed by atoms with Crippen molar-refractivity contribution in [1.29, 1.82) is 0 Å². The summed E-state index contributed by atoms with van der Waals surface area (Å²) in [5.41, 5.74) is -7.38. The summed E-state index contributed by atoms with van der Waals surface area (Å²) in [6, 6.07) is 12.4. The van der Waals surface area contributed by atoms with Crippen LogP contribution in [0.25, 0.3) is 66.1 Å². The second-order valence-corrected chi connectivity index (χ2v) is 13.2. The largest absolute Gasteiger partial charge is 0.416 e. The van der Waals surface area contributed by atoms with E-state index in [0.717, 1.165) is 41.1 Å². The number of nitrogens with zero attached hydrogens (tertiary/aromatic N) is 3. The zero-order valence-electron chi connectivity index (χ0n) is 28.4. The van der Waals surface area contributed by atoms with Crippen LogP contribution in [-0.2, 0) is 30.9 Å². The molecule has 58 heavy (non-hydrogen) atoms. The predicted octanol–water partition coefficient (Wildman–Crippen LogP) is 14.0. The number of fused-ring (bicyclic) bond motifs is 6. The van der Waals surface area contributed by atoms with Gasteiger partial charge >= 0.3 is 30.9 Å². The molecular weight excluding hydrogens is 807 g/mol. The first-order valence-corrected chi connectivity index (χ1v) is 16.5. The topological polar surface area (TPSA) is 22.8 Å². The molecule has 3 aromatic heterocycles. The van der Waals surface area contributed by atoms with Gasteiger partial charge in [0, 0.05) is 38.9 Å². The van der Waals surface area contributed by atoms with Crippen LogP contribution in [0.4, 0.5) is 65.9 Å². The molecular formula is C40H18F15N3. The fourth-order valence-electron chi connectivity index (χ4n) is 7.18. The van der Waals surface area contributed by atoms with Crippen LogP contribution in [0, 0.1) is 0 Å². The molecule has 3 heterocycles. The predicted molar refractivity (Wildman–Crippen MR) is 183 cm³/mol. The maximum Gasteiger partial charge on any atom is 0.416 e. The van der Waals surface area contributed by atoms with E-state index in [-0.39, 0.29) is 49.7 Å². The third kappa shape index (κ3) is 6.43. The Bertz CT molecular complexity index is 2800. The van der Waals surface area contributed by atoms with Crippen molar-refractivity contribution in [2.45, 2.75) is 30.9 Å². The molecule has 0 fully saturated rings. The number of benzene rings is 5. The van der Waals surface area contributed by atoms with Gasteiger partial charge in [0.05, 0.1) is 67.5 Å². The van der Waals surface area contributed by atoms with Gasteiger partial charge in [-0.15, -0.1) is 0 Å². The van der Waals surface area contributed by atoms with Crippen molar-refractivity contribution >= 4 is 43.6 Å². The number of hydrogen-bond acceptors (Lipinski definition) is 1. The Labute approximate surface area is 314 Å². The van der Waals surface area contributed by atoms with Crippen molar-refractivity contribution in [1.82, 2.24) is 14.1 Å². The molecule has 0 saturated heterocycles. The zero-order valence-corrected chi connectivity index (χ0v) is 28.4. The van der Waals surface area contributed by atoms with Gasteiger partial charge in [-0.05, 0) is 91.0 Å². The lowest BCUT2D eigenvalue weighted by Gasteiger charge is -2.20. The normalized spacial score (nSPS) is 13.4. The third-order valence-electron chi connectivity index (χ3n) is 9.74. The molecule has 0 spiro atoms. The molecule has 3 nitrogen and oxygen atoms in total. The Hall–Kier alpha value is -6.20. The lowest BCUT2D eigenvalue weighted by atomic mass is 9.99. The lowest BCUT2D eigenvalue weighted by molar-refractivity contribution is -0.138. The van der Waals surface area contributed by atoms with E-state index in [1.165, 1.54) is 16.8 Å². The quantitative estimate of drug-likeness (QED) is 0.163. The monoisotopic (exact) mass is 825 g/mol. The van der Waals surface area contributed by atoms with Gasteiger partial charge < -0.3 is 9.13 Å². The van der Waals surface area contributed by atoms with Gasteiger partial charge in [-0.1, -0.05) is 6.07 Å². The Morgan fingerprint density at radius 2 is 0.621 bits per heavy atom. The molecule has 0 atom stereocenters. The molecule has 0 aliphatic heterocycles. The Morgan fingerprint density at radius 1 is 0.328 bits per heavy atom. The van der Waals surface area contributed by atoms with Crippen molar-refractivity contribution in [3.8, 4) is 22.5 Å². The molecule has 0 amide bonds. The minimum absolute atomic E-state index is 0.0221. The summed E-state index contributed by atoms with van der Waals surface area (Å²) in [6.45, 7) is 0. The maximum atomic E-state index is 14.4. The van der Waals surface area contributed by atoms with Crippen molar-refractivity contribution in [2.24, 2.45) is 0 Å². The van der Waals surface area contributed by atoms with Crippen LogP contribution < -0.4 is 0 Å². The van der Waals surface area contributed by atoms with E-state index in [2.05, 4.69) is 4.98 Å². The highest BCUT2D eigenvalue weighted by atomic mass is 19.4. The molecule has 5 aromatic carbocycles. The summed E-state index contributed by atoms with van der Waals surface area (Å²) in [6.07, 6.45) is -22.5. The van der Waals surface area contributed by atoms with E-state index < -0.39 is 75.2 Å². The lowest BCUT2D eigenvalue weighted by Crippen LogP contribution is -2.09. The smallest absolute Gasteiger partial charge is 0.309 e. The van der Waals surface area contributed by atoms with E-state index in [1.807, 2.05) is 0 Å². The van der Waals surface area contributed by atoms with E-state index in [4.69, 9.17) is 0 Å². The molecule has 0 N–H and O–H groups in total. The molecule has 18 heteroatoms. The molecule has 298 valence electrons. The summed E-state index contributed by atoms with van der Waals surface area (Å²) in [7, 11) is 0. The van der Waals surface area contributed by atoms with Crippen LogP contribution in [0.3, 0.4) is 0 Å². The first kappa shape index (κ1) is 38.7. The average Bonchev–Trinajstić information content (AvgIpc) is 3.64. The Kier molecular flexibility index (Phi) is 8.43. The van der Waals surface area contributed by atoms with Gasteiger partial charge in [-0.2, -0.15) is 65.9 Å². The molecule has 0 saturated carbocycles. The second-order valence-electron chi connectivity index (χ2n) is 13.2. The number of hydrogen-bond donors (Lipinski definition) is 0. The molecule has 0 aliphatic rings. The Balaban J connectivity index is 1.48. The first-order chi connectivity index (χ1) is 26.9. The van der Waals surface area contributed by atoms with Crippen molar-refractivity contribution in [3.63, 3.8) is 0 Å². The highest BCUT2D eigenvalue weighted by Gasteiger charge is 2.37. The van der Waals surface area contributed by atoms with Crippen LogP contribution in [0.1, 0.15) is 27.8 Å². The standard InChI is InChI=1S/C40H18F15N3/c41-36(42,43)19-2-7-30-26(13-19)27-14-20(37(44,45)46)3-8-31(27)57(30)34-17-23(40(53,54)55)1-6-24(34)25-11-12-56-18-35(25)58-32-9-4-21(38(47,48)49)15-28(32)29-16-22(39(50,51)52)5-10-33(29)58/h1-18H. The van der Waals surface area contributed by atoms with Gasteiger partial charge in [0.15, 0.2) is 0 Å². The van der Waals surface area contributed by atoms with Crippen LogP contribution >= 0.6 is 0 Å². The maximum absolute atomic E-state index is 14.4. The number of aromatic nitrogens is 3. The molecule has 0 aliphatic carbocycles. The van der Waals surface area contributed by atoms with Gasteiger partial charge in [0.2, 0.25) is 0 Å². The van der Waals surface area contributed by atoms with Crippen LogP contribution in [0.5, 0.6) is 0 Å². The number of halogens is 15. The fraction of sp³-hybridized carbons (Fsp3) is 0.125. The number of pyridine rings is 1. The molecule has 0 unspecified atom stereocenters. The van der Waals surface area contributed by atoms with Gasteiger partial charge in [-0.3, -0.25) is 4.98 Å². The Morgan fingerprint density at radius 3 is 0.966 bits per heavy atom. The van der Waals surface area contributed by atoms with Crippen molar-refractivity contribution < 1.29 is 65.9 Å². The molecule has 8 rings (SSSR count). The fourth-order valence-corrected chi connectivity index (χ4v) is 7.18. The number of alkyl halides is 15. The third-order valence-corrected chi connectivity index (χ3v) is 9.74. The molecule has 0 radical (unpaired) electrons. The van der Waals surface area contributed by atoms with Crippen LogP contribution in [0.2, 0.25) is 0 Å². The summed E-state index contributed by atoms with van der Waals surface area (Å²) < 4.78 is 212. The van der Waals surface area contributed by atoms with E-state index >= 15 is 0 Å². The zero-order chi connectivity index (χ0) is 41.9. The highest BCUT2D eigenvalue weighted by Crippen LogP contribution is 2.46. The molecule has 0 bridgehead atoms. The van der Waals surface area contributed by atoms with E-state index in [9.17, 15) is 65.9 Å². The minimum atomic E-state index is -5.03. The van der Waals surface area contributed by atoms with Gasteiger partial charge in [-0.25, -0.2) is 0 Å². The summed E-state index contributed by atoms with van der Waals surface area (Å²) in [4.78, 5) is 4.09. The van der Waals surface area contributed by atoms with Crippen molar-refractivity contribution in [3.05, 3.63) is 137 Å². The van der Waals surface area contributed by atoms with Gasteiger partial charge in [0.25, 0.3) is 0 Å². The summed E-state index contributed by atoms with van der Waals surface area (Å²) in [5, 5.41) is -1.33. The minimum Gasteiger partial charge on any atom is -0.309 e. The summed E-state index contributed by atoms with van der Waals surface area (Å²) >= 11 is 0. The van der Waals surface area contributed by atoms with Gasteiger partial charge in [0.1, 0.15) is 0 Å². The SMILES string of the molecule is FC(F)(F)c1ccc(-c2ccncc2-n2c3ccc(C(F)(F)F)cc3c3cc(C(F)(F)F)ccc32)c(-n2c3ccc(C(F)(F)F)cc3c3cc(C(F)(F)F)ccc32)c1. The average molecular weight is 826 g/mol. The second kappa shape index (κ2) is 12.6. The number of rotatable bonds is 3. The van der Waals surface area contributed by atoms with Crippen LogP contribution in [-0.4, -0.2) is 14.1 Å². The van der Waals surface area contributed by atoms with E-state index in [0.29, 0.717) is 60.7 Å². The highest BCUT2D eigenvalue weighted by molar-refractivity contribution is 6.12. The van der Waals surface area contributed by atoms with Crippen LogP contribution in [0.15, 0.2) is 109 Å².